The van der Waals surface area contributed by atoms with E-state index in [1.807, 2.05) is 37.3 Å². The summed E-state index contributed by atoms with van der Waals surface area (Å²) in [4.78, 5) is 4.71. The van der Waals surface area contributed by atoms with Gasteiger partial charge >= 0.3 is 0 Å². The van der Waals surface area contributed by atoms with Crippen LogP contribution in [0.3, 0.4) is 0 Å². The van der Waals surface area contributed by atoms with Crippen LogP contribution >= 0.6 is 11.6 Å². The van der Waals surface area contributed by atoms with Crippen molar-refractivity contribution in [3.8, 4) is 5.75 Å². The fourth-order valence-corrected chi connectivity index (χ4v) is 3.70. The van der Waals surface area contributed by atoms with Gasteiger partial charge in [-0.15, -0.1) is 0 Å². The summed E-state index contributed by atoms with van der Waals surface area (Å²) in [7, 11) is 2.85. The number of methoxy groups -OCH3 is 1. The third kappa shape index (κ3) is 5.78. The molecule has 0 aromatic heterocycles. The lowest BCUT2D eigenvalue weighted by Crippen LogP contribution is -2.54. The number of oxime groups is 1. The quantitative estimate of drug-likeness (QED) is 0.405. The van der Waals surface area contributed by atoms with Gasteiger partial charge in [-0.2, -0.15) is 0 Å². The van der Waals surface area contributed by atoms with Gasteiger partial charge in [-0.05, 0) is 48.2 Å². The first kappa shape index (κ1) is 24.4. The van der Waals surface area contributed by atoms with Crippen LogP contribution in [0.4, 0.5) is 0 Å². The monoisotopic (exact) mass is 465 g/mol. The second kappa shape index (κ2) is 11.1. The Labute approximate surface area is 191 Å². The minimum absolute atomic E-state index is 0.327. The third-order valence-electron chi connectivity index (χ3n) is 5.21. The van der Waals surface area contributed by atoms with Crippen LogP contribution < -0.4 is 4.74 Å². The van der Waals surface area contributed by atoms with Crippen molar-refractivity contribution in [2.24, 2.45) is 5.16 Å². The van der Waals surface area contributed by atoms with Crippen LogP contribution in [0.25, 0.3) is 0 Å². The number of aliphatic hydroxyl groups excluding tert-OH is 3. The molecule has 8 nitrogen and oxygen atoms in total. The lowest BCUT2D eigenvalue weighted by atomic mass is 9.92. The highest BCUT2D eigenvalue weighted by molar-refractivity contribution is 6.31. The van der Waals surface area contributed by atoms with E-state index in [9.17, 15) is 15.3 Å². The van der Waals surface area contributed by atoms with Crippen molar-refractivity contribution >= 4 is 17.3 Å². The van der Waals surface area contributed by atoms with Crippen LogP contribution in [-0.2, 0) is 20.7 Å². The van der Waals surface area contributed by atoms with E-state index in [-0.39, 0.29) is 0 Å². The summed E-state index contributed by atoms with van der Waals surface area (Å²) >= 11 is 6.41. The first-order valence-electron chi connectivity index (χ1n) is 10.1. The molecule has 5 atom stereocenters. The largest absolute Gasteiger partial charge is 0.488 e. The maximum atomic E-state index is 10.4. The van der Waals surface area contributed by atoms with E-state index in [1.165, 1.54) is 14.2 Å². The molecular weight excluding hydrogens is 438 g/mol. The van der Waals surface area contributed by atoms with Crippen LogP contribution in [0.2, 0.25) is 5.02 Å². The Morgan fingerprint density at radius 1 is 1.03 bits per heavy atom. The summed E-state index contributed by atoms with van der Waals surface area (Å²) in [5.41, 5.74) is 3.18. The second-order valence-corrected chi connectivity index (χ2v) is 8.01. The van der Waals surface area contributed by atoms with Crippen LogP contribution in [0.5, 0.6) is 5.75 Å². The summed E-state index contributed by atoms with van der Waals surface area (Å²) < 4.78 is 16.4. The lowest BCUT2D eigenvalue weighted by Gasteiger charge is -2.40. The minimum Gasteiger partial charge on any atom is -0.488 e. The van der Waals surface area contributed by atoms with Gasteiger partial charge in [0.2, 0.25) is 0 Å². The number of aliphatic hydroxyl groups is 3. The molecule has 3 rings (SSSR count). The maximum Gasteiger partial charge on any atom is 0.186 e. The van der Waals surface area contributed by atoms with Gasteiger partial charge in [-0.3, -0.25) is 0 Å². The molecular formula is C23H28ClNO7. The number of hydrogen-bond donors (Lipinski definition) is 3. The molecule has 0 radical (unpaired) electrons. The van der Waals surface area contributed by atoms with E-state index in [0.29, 0.717) is 29.4 Å². The maximum absolute atomic E-state index is 10.4. The highest BCUT2D eigenvalue weighted by Crippen LogP contribution is 2.34. The number of rotatable bonds is 8. The Morgan fingerprint density at radius 3 is 2.41 bits per heavy atom. The summed E-state index contributed by atoms with van der Waals surface area (Å²) in [6, 6.07) is 12.9. The zero-order valence-corrected chi connectivity index (χ0v) is 18.9. The molecule has 1 saturated heterocycles. The molecule has 0 bridgehead atoms. The van der Waals surface area contributed by atoms with Crippen LogP contribution in [-0.4, -0.2) is 66.5 Å². The number of halogens is 1. The zero-order chi connectivity index (χ0) is 23.3. The lowest BCUT2D eigenvalue weighted by molar-refractivity contribution is -0.292. The zero-order valence-electron chi connectivity index (χ0n) is 18.1. The molecule has 0 aliphatic carbocycles. The molecule has 3 N–H and O–H groups in total. The molecule has 2 aromatic carbocycles. The molecule has 0 spiro atoms. The Bertz CT molecular complexity index is 919. The van der Waals surface area contributed by atoms with E-state index in [0.717, 1.165) is 16.8 Å². The average Bonchev–Trinajstić information content (AvgIpc) is 2.79. The number of ether oxygens (including phenoxy) is 3. The summed E-state index contributed by atoms with van der Waals surface area (Å²) in [6.07, 6.45) is -5.44. The van der Waals surface area contributed by atoms with Crippen molar-refractivity contribution in [3.63, 3.8) is 0 Å². The normalized spacial score (nSPS) is 26.1. The van der Waals surface area contributed by atoms with Gasteiger partial charge in [-0.25, -0.2) is 0 Å². The van der Waals surface area contributed by atoms with Crippen molar-refractivity contribution in [3.05, 3.63) is 64.2 Å². The van der Waals surface area contributed by atoms with Gasteiger partial charge in [0.1, 0.15) is 43.9 Å². The van der Waals surface area contributed by atoms with Crippen LogP contribution in [0.15, 0.2) is 47.6 Å². The summed E-state index contributed by atoms with van der Waals surface area (Å²) in [5.74, 6) is 0.705. The molecule has 1 fully saturated rings. The van der Waals surface area contributed by atoms with Gasteiger partial charge in [-0.1, -0.05) is 41.0 Å². The first-order chi connectivity index (χ1) is 15.3. The van der Waals surface area contributed by atoms with Crippen molar-refractivity contribution < 1.29 is 34.4 Å². The van der Waals surface area contributed by atoms with Gasteiger partial charge < -0.3 is 34.4 Å². The molecule has 1 aliphatic rings. The molecule has 0 saturated carbocycles. The highest BCUT2D eigenvalue weighted by atomic mass is 35.5. The summed E-state index contributed by atoms with van der Waals surface area (Å²) in [6.45, 7) is 2.14. The third-order valence-corrected chi connectivity index (χ3v) is 5.58. The molecule has 0 amide bonds. The minimum atomic E-state index is -1.40. The number of benzene rings is 2. The van der Waals surface area contributed by atoms with Crippen molar-refractivity contribution in [1.82, 2.24) is 0 Å². The topological polar surface area (TPSA) is 110 Å². The average molecular weight is 466 g/mol. The van der Waals surface area contributed by atoms with E-state index in [1.54, 1.807) is 12.1 Å². The molecule has 1 aliphatic heterocycles. The van der Waals surface area contributed by atoms with Crippen molar-refractivity contribution in [1.29, 1.82) is 0 Å². The highest BCUT2D eigenvalue weighted by Gasteiger charge is 2.44. The Balaban J connectivity index is 1.73. The van der Waals surface area contributed by atoms with Gasteiger partial charge in [0.15, 0.2) is 6.29 Å². The Kier molecular flexibility index (Phi) is 8.47. The van der Waals surface area contributed by atoms with E-state index in [2.05, 4.69) is 5.16 Å². The first-order valence-corrected chi connectivity index (χ1v) is 10.5. The van der Waals surface area contributed by atoms with E-state index < -0.39 is 30.7 Å². The SMILES string of the molecule is CO/N=C(\C)COc1ccc(Cc2cc(C3O[C@H](OC)[C@@H](O)C(O)[C@H]3O)ccc2Cl)cc1. The molecule has 9 heteroatoms. The molecule has 2 unspecified atom stereocenters. The fraction of sp³-hybridized carbons (Fsp3) is 0.435. The van der Waals surface area contributed by atoms with E-state index in [4.69, 9.17) is 30.6 Å². The smallest absolute Gasteiger partial charge is 0.186 e. The van der Waals surface area contributed by atoms with Crippen LogP contribution in [0.1, 0.15) is 29.7 Å². The molecule has 32 heavy (non-hydrogen) atoms. The van der Waals surface area contributed by atoms with Gasteiger partial charge in [0, 0.05) is 12.1 Å². The predicted octanol–water partition coefficient (Wildman–Crippen LogP) is 2.46. The Morgan fingerprint density at radius 2 is 1.75 bits per heavy atom. The second-order valence-electron chi connectivity index (χ2n) is 7.60. The van der Waals surface area contributed by atoms with Crippen LogP contribution in [0, 0.1) is 0 Å². The van der Waals surface area contributed by atoms with E-state index >= 15 is 0 Å². The summed E-state index contributed by atoms with van der Waals surface area (Å²) in [5, 5.41) is 34.9. The molecule has 2 aromatic rings. The van der Waals surface area contributed by atoms with Crippen molar-refractivity contribution in [2.45, 2.75) is 44.1 Å². The Hall–Kier alpha value is -2.20. The standard InChI is InChI=1S/C23H28ClNO7/c1-13(25-30-3)12-31-17-7-4-14(5-8-17)10-16-11-15(6-9-18(16)24)22-20(27)19(26)21(28)23(29-2)32-22/h4-9,11,19-23,26-28H,10,12H2,1-3H3/b25-13+/t19?,20-,21+,22?,23+/m1/s1. The van der Waals surface area contributed by atoms with Gasteiger partial charge in [0.05, 0.1) is 5.71 Å². The molecule has 174 valence electrons. The number of hydrogen-bond acceptors (Lipinski definition) is 8. The fourth-order valence-electron chi connectivity index (χ4n) is 3.52. The predicted molar refractivity (Wildman–Crippen MR) is 119 cm³/mol. The molecule has 1 heterocycles. The number of nitrogens with zero attached hydrogens (tertiary/aromatic N) is 1. The van der Waals surface area contributed by atoms with Crippen molar-refractivity contribution in [2.75, 3.05) is 20.8 Å². The van der Waals surface area contributed by atoms with Gasteiger partial charge in [0.25, 0.3) is 0 Å².